The number of aryl methyl sites for hydroxylation is 1. The van der Waals surface area contributed by atoms with Gasteiger partial charge >= 0.3 is 0 Å². The monoisotopic (exact) mass is 573 g/mol. The molecule has 0 saturated heterocycles. The van der Waals surface area contributed by atoms with Crippen LogP contribution in [0.15, 0.2) is 77.7 Å². The Labute approximate surface area is 234 Å². The van der Waals surface area contributed by atoms with Crippen LogP contribution in [-0.2, 0) is 26.2 Å². The van der Waals surface area contributed by atoms with Crippen LogP contribution in [0.1, 0.15) is 37.8 Å². The van der Waals surface area contributed by atoms with Crippen LogP contribution in [0.2, 0.25) is 5.02 Å². The van der Waals surface area contributed by atoms with Gasteiger partial charge in [0.15, 0.2) is 0 Å². The van der Waals surface area contributed by atoms with E-state index in [0.717, 1.165) is 17.1 Å². The van der Waals surface area contributed by atoms with Crippen molar-refractivity contribution in [1.29, 1.82) is 0 Å². The molecule has 3 aromatic carbocycles. The molecule has 208 valence electrons. The highest BCUT2D eigenvalue weighted by molar-refractivity contribution is 7.92. The Morgan fingerprint density at radius 1 is 1.03 bits per heavy atom. The first kappa shape index (κ1) is 30.1. The lowest BCUT2D eigenvalue weighted by Crippen LogP contribution is -2.51. The van der Waals surface area contributed by atoms with E-state index in [4.69, 9.17) is 11.6 Å². The fraction of sp³-hybridized carbons (Fsp3) is 0.310. The average Bonchev–Trinajstić information content (AvgIpc) is 2.91. The van der Waals surface area contributed by atoms with E-state index in [1.165, 1.54) is 41.3 Å². The van der Waals surface area contributed by atoms with Crippen LogP contribution in [0.3, 0.4) is 0 Å². The van der Waals surface area contributed by atoms with Crippen molar-refractivity contribution in [3.05, 3.63) is 94.8 Å². The summed E-state index contributed by atoms with van der Waals surface area (Å²) in [6.45, 7) is 4.83. The second-order valence-corrected chi connectivity index (χ2v) is 11.5. The predicted octanol–water partition coefficient (Wildman–Crippen LogP) is 5.32. The van der Waals surface area contributed by atoms with Gasteiger partial charge in [-0.1, -0.05) is 61.3 Å². The highest BCUT2D eigenvalue weighted by Gasteiger charge is 2.33. The predicted molar refractivity (Wildman–Crippen MR) is 151 cm³/mol. The van der Waals surface area contributed by atoms with Gasteiger partial charge in [-0.05, 0) is 62.2 Å². The fourth-order valence-corrected chi connectivity index (χ4v) is 5.79. The highest BCUT2D eigenvalue weighted by Crippen LogP contribution is 2.29. The van der Waals surface area contributed by atoms with E-state index in [0.29, 0.717) is 17.1 Å². The standard InChI is InChI=1S/C29H33ClFN3O4S/c1-4-5-17-32-29(36)22(3)33(19-23-11-9-10-14-26(23)31)28(35)20-34(27-16-15-24(30)18-21(27)2)39(37,38)25-12-7-6-8-13-25/h6-16,18,22H,4-5,17,19-20H2,1-3H3,(H,32,36). The van der Waals surface area contributed by atoms with Crippen LogP contribution in [0.25, 0.3) is 0 Å². The number of nitrogens with zero attached hydrogens (tertiary/aromatic N) is 2. The summed E-state index contributed by atoms with van der Waals surface area (Å²) in [6.07, 6.45) is 1.64. The van der Waals surface area contributed by atoms with Gasteiger partial charge in [-0.2, -0.15) is 0 Å². The number of anilines is 1. The second kappa shape index (κ2) is 13.6. The van der Waals surface area contributed by atoms with Gasteiger partial charge in [-0.15, -0.1) is 0 Å². The van der Waals surface area contributed by atoms with Crippen molar-refractivity contribution in [1.82, 2.24) is 10.2 Å². The second-order valence-electron chi connectivity index (χ2n) is 9.19. The molecule has 7 nitrogen and oxygen atoms in total. The molecule has 1 unspecified atom stereocenters. The molecule has 0 spiro atoms. The lowest BCUT2D eigenvalue weighted by Gasteiger charge is -2.32. The van der Waals surface area contributed by atoms with Gasteiger partial charge in [0, 0.05) is 23.7 Å². The van der Waals surface area contributed by atoms with Gasteiger partial charge in [-0.3, -0.25) is 13.9 Å². The van der Waals surface area contributed by atoms with Gasteiger partial charge < -0.3 is 10.2 Å². The maximum atomic E-state index is 14.6. The van der Waals surface area contributed by atoms with Crippen LogP contribution in [-0.4, -0.2) is 44.3 Å². The Bertz CT molecular complexity index is 1400. The lowest BCUT2D eigenvalue weighted by molar-refractivity contribution is -0.139. The third-order valence-electron chi connectivity index (χ3n) is 6.33. The van der Waals surface area contributed by atoms with Gasteiger partial charge in [-0.25, -0.2) is 12.8 Å². The van der Waals surface area contributed by atoms with E-state index in [1.54, 1.807) is 50.2 Å². The summed E-state index contributed by atoms with van der Waals surface area (Å²) in [5.74, 6) is -1.60. The maximum Gasteiger partial charge on any atom is 0.264 e. The summed E-state index contributed by atoms with van der Waals surface area (Å²) < 4.78 is 43.2. The Balaban J connectivity index is 2.03. The minimum Gasteiger partial charge on any atom is -0.354 e. The van der Waals surface area contributed by atoms with Crippen molar-refractivity contribution >= 4 is 39.1 Å². The molecule has 39 heavy (non-hydrogen) atoms. The SMILES string of the molecule is CCCCNC(=O)C(C)N(Cc1ccccc1F)C(=O)CN(c1ccc(Cl)cc1C)S(=O)(=O)c1ccccc1. The van der Waals surface area contributed by atoms with Crippen molar-refractivity contribution in [2.45, 2.75) is 51.1 Å². The molecular formula is C29H33ClFN3O4S. The molecule has 1 N–H and O–H groups in total. The van der Waals surface area contributed by atoms with Gasteiger partial charge in [0.05, 0.1) is 10.6 Å². The number of halogens is 2. The van der Waals surface area contributed by atoms with Crippen molar-refractivity contribution in [2.24, 2.45) is 0 Å². The minimum atomic E-state index is -4.19. The topological polar surface area (TPSA) is 86.8 Å². The zero-order valence-corrected chi connectivity index (χ0v) is 23.8. The van der Waals surface area contributed by atoms with E-state index in [-0.39, 0.29) is 22.7 Å². The minimum absolute atomic E-state index is 0.00170. The Morgan fingerprint density at radius 3 is 2.33 bits per heavy atom. The zero-order valence-electron chi connectivity index (χ0n) is 22.2. The van der Waals surface area contributed by atoms with E-state index in [9.17, 15) is 22.4 Å². The molecule has 0 aliphatic heterocycles. The summed E-state index contributed by atoms with van der Waals surface area (Å²) >= 11 is 6.12. The Morgan fingerprint density at radius 2 is 1.69 bits per heavy atom. The number of hydrogen-bond donors (Lipinski definition) is 1. The summed E-state index contributed by atoms with van der Waals surface area (Å²) in [6, 6.07) is 17.4. The smallest absolute Gasteiger partial charge is 0.264 e. The van der Waals surface area contributed by atoms with E-state index in [2.05, 4.69) is 5.32 Å². The Hall–Kier alpha value is -3.43. The van der Waals surface area contributed by atoms with Crippen LogP contribution < -0.4 is 9.62 Å². The summed E-state index contributed by atoms with van der Waals surface area (Å²) in [5, 5.41) is 3.22. The number of nitrogens with one attached hydrogen (secondary N) is 1. The van der Waals surface area contributed by atoms with Gasteiger partial charge in [0.2, 0.25) is 11.8 Å². The van der Waals surface area contributed by atoms with Crippen molar-refractivity contribution in [3.8, 4) is 0 Å². The molecule has 0 bridgehead atoms. The number of amides is 2. The third kappa shape index (κ3) is 7.58. The maximum absolute atomic E-state index is 14.6. The summed E-state index contributed by atoms with van der Waals surface area (Å²) in [7, 11) is -4.19. The summed E-state index contributed by atoms with van der Waals surface area (Å²) in [4.78, 5) is 28.0. The zero-order chi connectivity index (χ0) is 28.6. The third-order valence-corrected chi connectivity index (χ3v) is 8.34. The molecular weight excluding hydrogens is 541 g/mol. The molecule has 10 heteroatoms. The van der Waals surface area contributed by atoms with E-state index >= 15 is 0 Å². The lowest BCUT2D eigenvalue weighted by atomic mass is 10.1. The number of benzene rings is 3. The van der Waals surface area contributed by atoms with Gasteiger partial charge in [0.25, 0.3) is 10.0 Å². The van der Waals surface area contributed by atoms with Crippen LogP contribution in [0.4, 0.5) is 10.1 Å². The molecule has 0 heterocycles. The largest absolute Gasteiger partial charge is 0.354 e. The molecule has 3 aromatic rings. The molecule has 1 atom stereocenters. The number of sulfonamides is 1. The number of hydrogen-bond acceptors (Lipinski definition) is 4. The molecule has 3 rings (SSSR count). The molecule has 0 aliphatic carbocycles. The molecule has 0 aromatic heterocycles. The van der Waals surface area contributed by atoms with Crippen LogP contribution in [0, 0.1) is 12.7 Å². The van der Waals surface area contributed by atoms with Crippen molar-refractivity contribution in [2.75, 3.05) is 17.4 Å². The van der Waals surface area contributed by atoms with Crippen molar-refractivity contribution in [3.63, 3.8) is 0 Å². The Kier molecular flexibility index (Phi) is 10.5. The number of carbonyl (C=O) groups is 2. The highest BCUT2D eigenvalue weighted by atomic mass is 35.5. The average molecular weight is 574 g/mol. The van der Waals surface area contributed by atoms with Crippen molar-refractivity contribution < 1.29 is 22.4 Å². The number of rotatable bonds is 12. The first-order chi connectivity index (χ1) is 18.6. The summed E-state index contributed by atoms with van der Waals surface area (Å²) in [5.41, 5.74) is 1.02. The normalized spacial score (nSPS) is 12.0. The van der Waals surface area contributed by atoms with Crippen LogP contribution in [0.5, 0.6) is 0 Å². The number of carbonyl (C=O) groups excluding carboxylic acids is 2. The molecule has 0 fully saturated rings. The van der Waals surface area contributed by atoms with E-state index < -0.39 is 40.2 Å². The van der Waals surface area contributed by atoms with Crippen LogP contribution >= 0.6 is 11.6 Å². The fourth-order valence-electron chi connectivity index (χ4n) is 4.06. The first-order valence-corrected chi connectivity index (χ1v) is 14.5. The van der Waals surface area contributed by atoms with Gasteiger partial charge in [0.1, 0.15) is 18.4 Å². The van der Waals surface area contributed by atoms with E-state index in [1.807, 2.05) is 6.92 Å². The quantitative estimate of drug-likeness (QED) is 0.297. The molecule has 0 radical (unpaired) electrons. The molecule has 2 amide bonds. The molecule has 0 saturated carbocycles. The molecule has 0 aliphatic rings. The first-order valence-electron chi connectivity index (χ1n) is 12.7. The number of unbranched alkanes of at least 4 members (excludes halogenated alkanes) is 1.